The molecular weight excluding hydrogens is 286 g/mol. The molecule has 0 unspecified atom stereocenters. The average Bonchev–Trinajstić information content (AvgIpc) is 2.63. The summed E-state index contributed by atoms with van der Waals surface area (Å²) >= 11 is 0. The maximum atomic E-state index is 5.53. The Balaban J connectivity index is 1.70. The highest BCUT2D eigenvalue weighted by Gasteiger charge is 2.12. The van der Waals surface area contributed by atoms with Crippen LogP contribution < -0.4 is 4.74 Å². The molecule has 0 spiro atoms. The Morgan fingerprint density at radius 1 is 0.957 bits per heavy atom. The second-order valence-electron chi connectivity index (χ2n) is 5.91. The van der Waals surface area contributed by atoms with Gasteiger partial charge >= 0.3 is 0 Å². The highest BCUT2D eigenvalue weighted by atomic mass is 16.5. The van der Waals surface area contributed by atoms with E-state index in [1.165, 1.54) is 23.1 Å². The van der Waals surface area contributed by atoms with Gasteiger partial charge in [-0.3, -0.25) is 4.90 Å². The van der Waals surface area contributed by atoms with Crippen molar-refractivity contribution in [2.24, 2.45) is 0 Å². The van der Waals surface area contributed by atoms with Gasteiger partial charge in [0.15, 0.2) is 0 Å². The Bertz CT molecular complexity index is 621. The zero-order valence-electron chi connectivity index (χ0n) is 13.8. The third-order valence-electron chi connectivity index (χ3n) is 4.44. The summed E-state index contributed by atoms with van der Waals surface area (Å²) in [5, 5.41) is 0. The van der Waals surface area contributed by atoms with Gasteiger partial charge in [-0.2, -0.15) is 0 Å². The molecule has 0 saturated carbocycles. The predicted octanol–water partition coefficient (Wildman–Crippen LogP) is 3.63. The molecule has 122 valence electrons. The van der Waals surface area contributed by atoms with Crippen molar-refractivity contribution in [3.05, 3.63) is 54.1 Å². The molecule has 1 aliphatic heterocycles. The summed E-state index contributed by atoms with van der Waals surface area (Å²) in [6, 6.07) is 16.9. The number of ether oxygens (including phenoxy) is 2. The van der Waals surface area contributed by atoms with E-state index in [1.807, 2.05) is 12.1 Å². The van der Waals surface area contributed by atoms with Crippen LogP contribution in [0.1, 0.15) is 12.0 Å². The van der Waals surface area contributed by atoms with Crippen LogP contribution in [-0.2, 0) is 11.2 Å². The van der Waals surface area contributed by atoms with Crippen molar-refractivity contribution >= 4 is 0 Å². The molecule has 0 amide bonds. The molecule has 1 fully saturated rings. The molecule has 1 aliphatic rings. The maximum absolute atomic E-state index is 5.53. The molecule has 1 saturated heterocycles. The van der Waals surface area contributed by atoms with E-state index >= 15 is 0 Å². The van der Waals surface area contributed by atoms with E-state index in [9.17, 15) is 0 Å². The lowest BCUT2D eigenvalue weighted by Crippen LogP contribution is -2.36. The summed E-state index contributed by atoms with van der Waals surface area (Å²) in [4.78, 5) is 2.50. The molecule has 0 bridgehead atoms. The van der Waals surface area contributed by atoms with Crippen LogP contribution >= 0.6 is 0 Å². The number of hydrogen-bond acceptors (Lipinski definition) is 3. The van der Waals surface area contributed by atoms with Crippen LogP contribution in [0.25, 0.3) is 11.1 Å². The van der Waals surface area contributed by atoms with E-state index in [2.05, 4.69) is 41.3 Å². The first kappa shape index (κ1) is 16.0. The van der Waals surface area contributed by atoms with Crippen LogP contribution in [-0.4, -0.2) is 44.9 Å². The van der Waals surface area contributed by atoms with Crippen molar-refractivity contribution in [2.75, 3.05) is 40.0 Å². The fraction of sp³-hybridized carbons (Fsp3) is 0.400. The lowest BCUT2D eigenvalue weighted by atomic mass is 9.96. The fourth-order valence-corrected chi connectivity index (χ4v) is 3.19. The molecule has 0 atom stereocenters. The van der Waals surface area contributed by atoms with Gasteiger partial charge in [0.25, 0.3) is 0 Å². The number of morpholine rings is 1. The molecule has 3 rings (SSSR count). The Labute approximate surface area is 138 Å². The highest BCUT2D eigenvalue weighted by molar-refractivity contribution is 5.73. The second-order valence-corrected chi connectivity index (χ2v) is 5.91. The van der Waals surface area contributed by atoms with Gasteiger partial charge in [-0.25, -0.2) is 0 Å². The topological polar surface area (TPSA) is 21.7 Å². The van der Waals surface area contributed by atoms with Crippen LogP contribution in [0, 0.1) is 0 Å². The van der Waals surface area contributed by atoms with Crippen molar-refractivity contribution in [1.29, 1.82) is 0 Å². The molecule has 0 N–H and O–H groups in total. The standard InChI is InChI=1S/C20H25NO2/c1-22-20-11-5-4-10-19(20)18-9-3-2-7-17(18)8-6-12-21-13-15-23-16-14-21/h2-5,7,9-11H,6,8,12-16H2,1H3. The zero-order chi connectivity index (χ0) is 15.9. The van der Waals surface area contributed by atoms with Crippen LogP contribution in [0.4, 0.5) is 0 Å². The third-order valence-corrected chi connectivity index (χ3v) is 4.44. The molecule has 0 aliphatic carbocycles. The quantitative estimate of drug-likeness (QED) is 0.813. The molecule has 3 heteroatoms. The summed E-state index contributed by atoms with van der Waals surface area (Å²) < 4.78 is 10.9. The molecule has 23 heavy (non-hydrogen) atoms. The van der Waals surface area contributed by atoms with Gasteiger partial charge in [0.2, 0.25) is 0 Å². The zero-order valence-corrected chi connectivity index (χ0v) is 13.8. The van der Waals surface area contributed by atoms with E-state index in [-0.39, 0.29) is 0 Å². The third kappa shape index (κ3) is 4.12. The summed E-state index contributed by atoms with van der Waals surface area (Å²) in [7, 11) is 1.74. The van der Waals surface area contributed by atoms with Crippen molar-refractivity contribution < 1.29 is 9.47 Å². The summed E-state index contributed by atoms with van der Waals surface area (Å²) in [5.41, 5.74) is 3.86. The Morgan fingerprint density at radius 3 is 2.43 bits per heavy atom. The number of nitrogens with zero attached hydrogens (tertiary/aromatic N) is 1. The van der Waals surface area contributed by atoms with Crippen LogP contribution in [0.15, 0.2) is 48.5 Å². The number of rotatable bonds is 6. The van der Waals surface area contributed by atoms with Gasteiger partial charge in [-0.1, -0.05) is 42.5 Å². The van der Waals surface area contributed by atoms with Crippen molar-refractivity contribution in [1.82, 2.24) is 4.90 Å². The molecule has 2 aromatic rings. The van der Waals surface area contributed by atoms with E-state index in [0.29, 0.717) is 0 Å². The van der Waals surface area contributed by atoms with Crippen LogP contribution in [0.3, 0.4) is 0 Å². The Morgan fingerprint density at radius 2 is 1.65 bits per heavy atom. The first-order valence-corrected chi connectivity index (χ1v) is 8.40. The average molecular weight is 311 g/mol. The van der Waals surface area contributed by atoms with Crippen LogP contribution in [0.2, 0.25) is 0 Å². The fourth-order valence-electron chi connectivity index (χ4n) is 3.19. The van der Waals surface area contributed by atoms with Gasteiger partial charge in [-0.15, -0.1) is 0 Å². The molecule has 1 heterocycles. The smallest absolute Gasteiger partial charge is 0.126 e. The van der Waals surface area contributed by atoms with E-state index in [1.54, 1.807) is 7.11 Å². The highest BCUT2D eigenvalue weighted by Crippen LogP contribution is 2.32. The van der Waals surface area contributed by atoms with Crippen molar-refractivity contribution in [3.63, 3.8) is 0 Å². The lowest BCUT2D eigenvalue weighted by molar-refractivity contribution is 0.0375. The minimum absolute atomic E-state index is 0.873. The first-order valence-electron chi connectivity index (χ1n) is 8.40. The van der Waals surface area contributed by atoms with Gasteiger partial charge < -0.3 is 9.47 Å². The number of aryl methyl sites for hydroxylation is 1. The normalized spacial score (nSPS) is 15.5. The lowest BCUT2D eigenvalue weighted by Gasteiger charge is -2.26. The largest absolute Gasteiger partial charge is 0.496 e. The predicted molar refractivity (Wildman–Crippen MR) is 94.0 cm³/mol. The number of benzene rings is 2. The van der Waals surface area contributed by atoms with Crippen molar-refractivity contribution in [2.45, 2.75) is 12.8 Å². The summed E-state index contributed by atoms with van der Waals surface area (Å²) in [6.07, 6.45) is 2.26. The second kappa shape index (κ2) is 8.14. The van der Waals surface area contributed by atoms with Crippen LogP contribution in [0.5, 0.6) is 5.75 Å². The molecule has 2 aromatic carbocycles. The Kier molecular flexibility index (Phi) is 5.67. The summed E-state index contributed by atoms with van der Waals surface area (Å²) in [5.74, 6) is 0.938. The molecule has 3 nitrogen and oxygen atoms in total. The minimum atomic E-state index is 0.873. The Hall–Kier alpha value is -1.84. The van der Waals surface area contributed by atoms with E-state index in [4.69, 9.17) is 9.47 Å². The maximum Gasteiger partial charge on any atom is 0.126 e. The number of hydrogen-bond donors (Lipinski definition) is 0. The monoisotopic (exact) mass is 311 g/mol. The molecule has 0 radical (unpaired) electrons. The number of methoxy groups -OCH3 is 1. The van der Waals surface area contributed by atoms with E-state index in [0.717, 1.165) is 45.0 Å². The summed E-state index contributed by atoms with van der Waals surface area (Å²) in [6.45, 7) is 5.02. The van der Waals surface area contributed by atoms with Crippen molar-refractivity contribution in [3.8, 4) is 16.9 Å². The van der Waals surface area contributed by atoms with Gasteiger partial charge in [0.05, 0.1) is 20.3 Å². The SMILES string of the molecule is COc1ccccc1-c1ccccc1CCCN1CCOCC1. The van der Waals surface area contributed by atoms with Gasteiger partial charge in [-0.05, 0) is 36.6 Å². The molecule has 0 aromatic heterocycles. The molecular formula is C20H25NO2. The number of para-hydroxylation sites is 1. The van der Waals surface area contributed by atoms with E-state index < -0.39 is 0 Å². The van der Waals surface area contributed by atoms with Gasteiger partial charge in [0.1, 0.15) is 5.75 Å². The minimum Gasteiger partial charge on any atom is -0.496 e. The first-order chi connectivity index (χ1) is 11.4. The van der Waals surface area contributed by atoms with Gasteiger partial charge in [0, 0.05) is 18.7 Å².